The number of alkyl halides is 3. The van der Waals surface area contributed by atoms with Crippen LogP contribution in [-0.2, 0) is 15.7 Å². The predicted octanol–water partition coefficient (Wildman–Crippen LogP) is 4.62. The Morgan fingerprint density at radius 1 is 1.38 bits per heavy atom. The maximum Gasteiger partial charge on any atom is 0.416 e. The van der Waals surface area contributed by atoms with E-state index in [1.54, 1.807) is 6.92 Å². The lowest BCUT2D eigenvalue weighted by Gasteiger charge is -2.14. The van der Waals surface area contributed by atoms with Crippen molar-refractivity contribution in [1.82, 2.24) is 0 Å². The summed E-state index contributed by atoms with van der Waals surface area (Å²) in [5.74, 6) is -0.604. The molecule has 0 amide bonds. The van der Waals surface area contributed by atoms with Crippen molar-refractivity contribution in [2.24, 2.45) is 5.92 Å². The zero-order chi connectivity index (χ0) is 16.2. The zero-order valence-electron chi connectivity index (χ0n) is 12.5. The van der Waals surface area contributed by atoms with E-state index in [0.717, 1.165) is 12.1 Å². The summed E-state index contributed by atoms with van der Waals surface area (Å²) in [5, 5.41) is 0. The molecule has 0 saturated carbocycles. The van der Waals surface area contributed by atoms with Crippen molar-refractivity contribution in [3.63, 3.8) is 0 Å². The predicted molar refractivity (Wildman–Crippen MR) is 75.6 cm³/mol. The zero-order valence-corrected chi connectivity index (χ0v) is 12.5. The Bertz CT molecular complexity index is 545. The number of hydrogen-bond donors (Lipinski definition) is 0. The van der Waals surface area contributed by atoms with E-state index in [1.165, 1.54) is 19.3 Å². The van der Waals surface area contributed by atoms with Crippen molar-refractivity contribution in [3.8, 4) is 0 Å². The van der Waals surface area contributed by atoms with Crippen molar-refractivity contribution in [2.45, 2.75) is 33.4 Å². The van der Waals surface area contributed by atoms with Crippen LogP contribution in [0.3, 0.4) is 0 Å². The summed E-state index contributed by atoms with van der Waals surface area (Å²) in [6.45, 7) is 5.45. The van der Waals surface area contributed by atoms with Gasteiger partial charge in [0, 0.05) is 5.57 Å². The maximum absolute atomic E-state index is 12.8. The summed E-state index contributed by atoms with van der Waals surface area (Å²) >= 11 is 0. The van der Waals surface area contributed by atoms with E-state index >= 15 is 0 Å². The van der Waals surface area contributed by atoms with Crippen LogP contribution in [-0.4, -0.2) is 13.1 Å². The van der Waals surface area contributed by atoms with Crippen LogP contribution in [0.2, 0.25) is 0 Å². The minimum atomic E-state index is -4.40. The van der Waals surface area contributed by atoms with Crippen LogP contribution in [0.4, 0.5) is 13.2 Å². The van der Waals surface area contributed by atoms with E-state index < -0.39 is 17.7 Å². The first-order valence-electron chi connectivity index (χ1n) is 6.68. The number of hydrogen-bond acceptors (Lipinski definition) is 2. The lowest BCUT2D eigenvalue weighted by Crippen LogP contribution is -2.12. The molecule has 116 valence electrons. The largest absolute Gasteiger partial charge is 0.466 e. The molecular weight excluding hydrogens is 281 g/mol. The molecule has 0 fully saturated rings. The molecule has 0 heterocycles. The van der Waals surface area contributed by atoms with Gasteiger partial charge in [-0.1, -0.05) is 19.9 Å². The van der Waals surface area contributed by atoms with Gasteiger partial charge in [-0.05, 0) is 48.6 Å². The molecule has 1 aromatic carbocycles. The van der Waals surface area contributed by atoms with Gasteiger partial charge in [0.2, 0.25) is 0 Å². The highest BCUT2D eigenvalue weighted by Gasteiger charge is 2.30. The molecule has 2 nitrogen and oxygen atoms in total. The molecule has 0 bridgehead atoms. The van der Waals surface area contributed by atoms with Gasteiger partial charge >= 0.3 is 12.1 Å². The Labute approximate surface area is 122 Å². The first-order valence-corrected chi connectivity index (χ1v) is 6.68. The molecule has 1 atom stereocenters. The molecule has 0 aromatic heterocycles. The van der Waals surface area contributed by atoms with Gasteiger partial charge in [0.15, 0.2) is 0 Å². The van der Waals surface area contributed by atoms with Crippen molar-refractivity contribution in [2.75, 3.05) is 7.11 Å². The Morgan fingerprint density at radius 2 is 2.00 bits per heavy atom. The van der Waals surface area contributed by atoms with Crippen molar-refractivity contribution < 1.29 is 22.7 Å². The fraction of sp³-hybridized carbons (Fsp3) is 0.438. The number of ether oxygens (including phenoxy) is 1. The first kappa shape index (κ1) is 17.3. The number of esters is 1. The van der Waals surface area contributed by atoms with E-state index in [4.69, 9.17) is 4.74 Å². The first-order chi connectivity index (χ1) is 9.70. The van der Waals surface area contributed by atoms with E-state index in [0.29, 0.717) is 23.1 Å². The van der Waals surface area contributed by atoms with Gasteiger partial charge < -0.3 is 4.74 Å². The summed E-state index contributed by atoms with van der Waals surface area (Å²) < 4.78 is 43.0. The van der Waals surface area contributed by atoms with Crippen LogP contribution in [0, 0.1) is 12.8 Å². The molecule has 1 unspecified atom stereocenters. The van der Waals surface area contributed by atoms with Crippen LogP contribution >= 0.6 is 0 Å². The Hall–Kier alpha value is -1.78. The standard InChI is InChI=1S/C16H19F3O2/c1-5-10(2)14(15(20)21-4)9-12-8-13(16(17,18)19)7-6-11(12)3/h6-10H,5H2,1-4H3/b14-9+. The minimum Gasteiger partial charge on any atom is -0.466 e. The number of carbonyl (C=O) groups excluding carboxylic acids is 1. The van der Waals surface area contributed by atoms with Crippen LogP contribution in [0.25, 0.3) is 6.08 Å². The number of carbonyl (C=O) groups is 1. The summed E-state index contributed by atoms with van der Waals surface area (Å²) in [5.41, 5.74) is 0.702. The molecule has 0 N–H and O–H groups in total. The maximum atomic E-state index is 12.8. The molecular formula is C16H19F3O2. The summed E-state index contributed by atoms with van der Waals surface area (Å²) in [7, 11) is 1.26. The van der Waals surface area contributed by atoms with Crippen LogP contribution < -0.4 is 0 Å². The van der Waals surface area contributed by atoms with E-state index in [-0.39, 0.29) is 5.92 Å². The molecule has 0 aliphatic heterocycles. The molecule has 21 heavy (non-hydrogen) atoms. The van der Waals surface area contributed by atoms with Crippen LogP contribution in [0.5, 0.6) is 0 Å². The van der Waals surface area contributed by atoms with Crippen molar-refractivity contribution in [3.05, 3.63) is 40.5 Å². The lowest BCUT2D eigenvalue weighted by molar-refractivity contribution is -0.138. The number of methoxy groups -OCH3 is 1. The normalized spacial score (nSPS) is 14.0. The van der Waals surface area contributed by atoms with Crippen LogP contribution in [0.15, 0.2) is 23.8 Å². The van der Waals surface area contributed by atoms with Crippen LogP contribution in [0.1, 0.15) is 37.0 Å². The van der Waals surface area contributed by atoms with Gasteiger partial charge in [-0.2, -0.15) is 13.2 Å². The van der Waals surface area contributed by atoms with E-state index in [9.17, 15) is 18.0 Å². The summed E-state index contributed by atoms with van der Waals surface area (Å²) in [6, 6.07) is 3.49. The van der Waals surface area contributed by atoms with Crippen molar-refractivity contribution in [1.29, 1.82) is 0 Å². The van der Waals surface area contributed by atoms with Gasteiger partial charge in [-0.15, -0.1) is 0 Å². The topological polar surface area (TPSA) is 26.3 Å². The third-order valence-electron chi connectivity index (χ3n) is 3.48. The number of aryl methyl sites for hydroxylation is 1. The second-order valence-corrected chi connectivity index (χ2v) is 4.97. The third-order valence-corrected chi connectivity index (χ3v) is 3.48. The second-order valence-electron chi connectivity index (χ2n) is 4.97. The highest BCUT2D eigenvalue weighted by atomic mass is 19.4. The van der Waals surface area contributed by atoms with Gasteiger partial charge in [-0.3, -0.25) is 0 Å². The SMILES string of the molecule is CCC(C)/C(=C\c1cc(C(F)(F)F)ccc1C)C(=O)OC. The van der Waals surface area contributed by atoms with Gasteiger partial charge in [0.05, 0.1) is 12.7 Å². The molecule has 5 heteroatoms. The van der Waals surface area contributed by atoms with Gasteiger partial charge in [0.25, 0.3) is 0 Å². The Morgan fingerprint density at radius 3 is 2.48 bits per heavy atom. The molecule has 0 radical (unpaired) electrons. The fourth-order valence-corrected chi connectivity index (χ4v) is 1.88. The molecule has 0 saturated heterocycles. The number of rotatable bonds is 4. The summed E-state index contributed by atoms with van der Waals surface area (Å²) in [4.78, 5) is 11.8. The molecule has 0 aliphatic carbocycles. The quantitative estimate of drug-likeness (QED) is 0.599. The molecule has 1 aromatic rings. The highest BCUT2D eigenvalue weighted by molar-refractivity contribution is 5.94. The molecule has 0 aliphatic rings. The number of halogens is 3. The van der Waals surface area contributed by atoms with E-state index in [1.807, 2.05) is 13.8 Å². The van der Waals surface area contributed by atoms with Gasteiger partial charge in [-0.25, -0.2) is 4.79 Å². The minimum absolute atomic E-state index is 0.0913. The third kappa shape index (κ3) is 4.34. The second kappa shape index (κ2) is 6.78. The Balaban J connectivity index is 3.36. The highest BCUT2D eigenvalue weighted by Crippen LogP contribution is 2.31. The average molecular weight is 300 g/mol. The average Bonchev–Trinajstić information content (AvgIpc) is 2.43. The Kier molecular flexibility index (Phi) is 5.58. The fourth-order valence-electron chi connectivity index (χ4n) is 1.88. The van der Waals surface area contributed by atoms with Gasteiger partial charge in [0.1, 0.15) is 0 Å². The monoisotopic (exact) mass is 300 g/mol. The lowest BCUT2D eigenvalue weighted by atomic mass is 9.94. The van der Waals surface area contributed by atoms with E-state index in [2.05, 4.69) is 0 Å². The summed E-state index contributed by atoms with van der Waals surface area (Å²) in [6.07, 6.45) is -2.22. The molecule has 0 spiro atoms. The number of benzene rings is 1. The smallest absolute Gasteiger partial charge is 0.416 e. The van der Waals surface area contributed by atoms with Crippen molar-refractivity contribution >= 4 is 12.0 Å². The molecule has 1 rings (SSSR count).